The standard InChI is InChI=1S/C16H14BrNO3S/c17-10-7-5-9(6-8-10)14(19)18-15-13(16(20)21)11-3-1-2-4-12(11)22-15/h5-8H,1-4H2,(H,18,19)(H,20,21)/p-1. The molecule has 1 heterocycles. The second kappa shape index (κ2) is 6.22. The number of nitrogens with one attached hydrogen (secondary N) is 1. The summed E-state index contributed by atoms with van der Waals surface area (Å²) in [5, 5.41) is 14.6. The summed E-state index contributed by atoms with van der Waals surface area (Å²) in [6.07, 6.45) is 3.64. The van der Waals surface area contributed by atoms with Crippen molar-refractivity contribution in [3.63, 3.8) is 0 Å². The number of aryl methyl sites for hydroxylation is 1. The van der Waals surface area contributed by atoms with E-state index in [9.17, 15) is 14.7 Å². The van der Waals surface area contributed by atoms with Gasteiger partial charge in [0.15, 0.2) is 0 Å². The fraction of sp³-hybridized carbons (Fsp3) is 0.250. The zero-order valence-electron chi connectivity index (χ0n) is 11.6. The Bertz CT molecular complexity index is 737. The van der Waals surface area contributed by atoms with E-state index in [0.717, 1.165) is 40.6 Å². The van der Waals surface area contributed by atoms with Crippen LogP contribution in [0.15, 0.2) is 28.7 Å². The van der Waals surface area contributed by atoms with E-state index in [1.54, 1.807) is 24.3 Å². The smallest absolute Gasteiger partial charge is 0.256 e. The summed E-state index contributed by atoms with van der Waals surface area (Å²) in [5.41, 5.74) is 1.48. The van der Waals surface area contributed by atoms with Crippen molar-refractivity contribution in [1.82, 2.24) is 0 Å². The highest BCUT2D eigenvalue weighted by atomic mass is 79.9. The van der Waals surface area contributed by atoms with Crippen LogP contribution in [0.3, 0.4) is 0 Å². The maximum Gasteiger partial charge on any atom is 0.256 e. The highest BCUT2D eigenvalue weighted by Gasteiger charge is 2.22. The lowest BCUT2D eigenvalue weighted by atomic mass is 9.95. The highest BCUT2D eigenvalue weighted by molar-refractivity contribution is 9.10. The first-order valence-corrected chi connectivity index (χ1v) is 8.60. The van der Waals surface area contributed by atoms with Gasteiger partial charge in [-0.3, -0.25) is 4.79 Å². The van der Waals surface area contributed by atoms with Crippen LogP contribution in [0.2, 0.25) is 0 Å². The molecule has 4 nitrogen and oxygen atoms in total. The van der Waals surface area contributed by atoms with Crippen molar-refractivity contribution in [3.05, 3.63) is 50.3 Å². The molecule has 0 fully saturated rings. The zero-order chi connectivity index (χ0) is 15.7. The van der Waals surface area contributed by atoms with Gasteiger partial charge in [0.05, 0.1) is 5.97 Å². The van der Waals surface area contributed by atoms with Crippen molar-refractivity contribution in [1.29, 1.82) is 0 Å². The summed E-state index contributed by atoms with van der Waals surface area (Å²) >= 11 is 4.67. The Balaban J connectivity index is 1.91. The molecule has 1 aromatic carbocycles. The molecule has 1 aliphatic rings. The van der Waals surface area contributed by atoms with Crippen molar-refractivity contribution < 1.29 is 14.7 Å². The minimum atomic E-state index is -1.22. The Morgan fingerprint density at radius 2 is 1.82 bits per heavy atom. The Hall–Kier alpha value is -1.66. The molecule has 0 aliphatic heterocycles. The molecular formula is C16H13BrNO3S-. The van der Waals surface area contributed by atoms with Gasteiger partial charge in [-0.15, -0.1) is 11.3 Å². The summed E-state index contributed by atoms with van der Waals surface area (Å²) in [6.45, 7) is 0. The van der Waals surface area contributed by atoms with E-state index in [0.29, 0.717) is 10.6 Å². The van der Waals surface area contributed by atoms with Crippen molar-refractivity contribution in [3.8, 4) is 0 Å². The number of hydrogen-bond acceptors (Lipinski definition) is 4. The predicted octanol–water partition coefficient (Wildman–Crippen LogP) is 3.01. The van der Waals surface area contributed by atoms with Gasteiger partial charge in [-0.2, -0.15) is 0 Å². The van der Waals surface area contributed by atoms with Crippen LogP contribution in [0.1, 0.15) is 44.0 Å². The summed E-state index contributed by atoms with van der Waals surface area (Å²) in [4.78, 5) is 24.8. The molecule has 1 amide bonds. The SMILES string of the molecule is O=C(Nc1sc2c(c1C(=O)[O-])CCCC2)c1ccc(Br)cc1. The van der Waals surface area contributed by atoms with Crippen molar-refractivity contribution in [2.45, 2.75) is 25.7 Å². The van der Waals surface area contributed by atoms with Gasteiger partial charge in [-0.1, -0.05) is 15.9 Å². The third-order valence-corrected chi connectivity index (χ3v) is 5.44. The molecule has 0 saturated heterocycles. The predicted molar refractivity (Wildman–Crippen MR) is 87.4 cm³/mol. The number of carboxylic acid groups (broad SMARTS) is 1. The number of anilines is 1. The zero-order valence-corrected chi connectivity index (χ0v) is 14.1. The van der Waals surface area contributed by atoms with Gasteiger partial charge >= 0.3 is 0 Å². The number of fused-ring (bicyclic) bond motifs is 1. The van der Waals surface area contributed by atoms with Crippen LogP contribution < -0.4 is 10.4 Å². The second-order valence-corrected chi connectivity index (χ2v) is 7.18. The van der Waals surface area contributed by atoms with Crippen LogP contribution >= 0.6 is 27.3 Å². The Kier molecular flexibility index (Phi) is 4.31. The van der Waals surface area contributed by atoms with E-state index >= 15 is 0 Å². The quantitative estimate of drug-likeness (QED) is 0.892. The van der Waals surface area contributed by atoms with E-state index in [1.807, 2.05) is 0 Å². The van der Waals surface area contributed by atoms with Crippen molar-refractivity contribution >= 4 is 44.1 Å². The summed E-state index contributed by atoms with van der Waals surface area (Å²) < 4.78 is 0.881. The molecule has 0 radical (unpaired) electrons. The molecule has 0 bridgehead atoms. The average Bonchev–Trinajstić information content (AvgIpc) is 2.85. The number of carbonyl (C=O) groups is 2. The monoisotopic (exact) mass is 378 g/mol. The summed E-state index contributed by atoms with van der Waals surface area (Å²) in [6, 6.07) is 6.92. The number of benzene rings is 1. The van der Waals surface area contributed by atoms with Gasteiger partial charge in [0.25, 0.3) is 5.91 Å². The van der Waals surface area contributed by atoms with Crippen LogP contribution in [0.4, 0.5) is 5.00 Å². The highest BCUT2D eigenvalue weighted by Crippen LogP contribution is 2.38. The number of halogens is 1. The van der Waals surface area contributed by atoms with Crippen LogP contribution in [-0.2, 0) is 12.8 Å². The van der Waals surface area contributed by atoms with Gasteiger partial charge in [-0.25, -0.2) is 0 Å². The van der Waals surface area contributed by atoms with Crippen LogP contribution in [-0.4, -0.2) is 11.9 Å². The normalized spacial score (nSPS) is 13.5. The van der Waals surface area contributed by atoms with E-state index in [2.05, 4.69) is 21.2 Å². The molecule has 22 heavy (non-hydrogen) atoms. The molecular weight excluding hydrogens is 366 g/mol. The Labute approximate surface area is 140 Å². The van der Waals surface area contributed by atoms with E-state index in [1.165, 1.54) is 11.3 Å². The van der Waals surface area contributed by atoms with Crippen LogP contribution in [0, 0.1) is 0 Å². The molecule has 6 heteroatoms. The maximum absolute atomic E-state index is 12.3. The topological polar surface area (TPSA) is 69.2 Å². The number of carboxylic acids is 1. The minimum Gasteiger partial charge on any atom is -0.545 e. The second-order valence-electron chi connectivity index (χ2n) is 5.16. The minimum absolute atomic E-state index is 0.158. The number of thiophene rings is 1. The Morgan fingerprint density at radius 1 is 1.14 bits per heavy atom. The number of aromatic carboxylic acids is 1. The van der Waals surface area contributed by atoms with Crippen molar-refractivity contribution in [2.24, 2.45) is 0 Å². The molecule has 114 valence electrons. The lowest BCUT2D eigenvalue weighted by molar-refractivity contribution is -0.254. The molecule has 3 rings (SSSR count). The first-order chi connectivity index (χ1) is 10.6. The van der Waals surface area contributed by atoms with E-state index in [-0.39, 0.29) is 11.5 Å². The number of carbonyl (C=O) groups excluding carboxylic acids is 2. The van der Waals surface area contributed by atoms with Gasteiger partial charge in [-0.05, 0) is 55.5 Å². The summed E-state index contributed by atoms with van der Waals surface area (Å²) in [5.74, 6) is -1.53. The molecule has 0 atom stereocenters. The Morgan fingerprint density at radius 3 is 2.50 bits per heavy atom. The number of hydrogen-bond donors (Lipinski definition) is 1. The third kappa shape index (κ3) is 2.94. The summed E-state index contributed by atoms with van der Waals surface area (Å²) in [7, 11) is 0. The first-order valence-electron chi connectivity index (χ1n) is 6.99. The molecule has 1 aromatic heterocycles. The fourth-order valence-electron chi connectivity index (χ4n) is 2.65. The van der Waals surface area contributed by atoms with Gasteiger partial charge in [0, 0.05) is 20.5 Å². The molecule has 1 N–H and O–H groups in total. The van der Waals surface area contributed by atoms with Gasteiger partial charge in [0.2, 0.25) is 0 Å². The van der Waals surface area contributed by atoms with Gasteiger partial charge < -0.3 is 15.2 Å². The van der Waals surface area contributed by atoms with Gasteiger partial charge in [0.1, 0.15) is 5.00 Å². The average molecular weight is 379 g/mol. The molecule has 0 spiro atoms. The number of rotatable bonds is 3. The maximum atomic E-state index is 12.3. The molecule has 2 aromatic rings. The lowest BCUT2D eigenvalue weighted by Gasteiger charge is -2.13. The fourth-order valence-corrected chi connectivity index (χ4v) is 4.18. The largest absolute Gasteiger partial charge is 0.545 e. The van der Waals surface area contributed by atoms with Crippen molar-refractivity contribution in [2.75, 3.05) is 5.32 Å². The number of amides is 1. The lowest BCUT2D eigenvalue weighted by Crippen LogP contribution is -2.25. The molecule has 1 aliphatic carbocycles. The van der Waals surface area contributed by atoms with Crippen LogP contribution in [0.25, 0.3) is 0 Å². The molecule has 0 saturated carbocycles. The van der Waals surface area contributed by atoms with E-state index < -0.39 is 5.97 Å². The van der Waals surface area contributed by atoms with Crippen LogP contribution in [0.5, 0.6) is 0 Å². The van der Waals surface area contributed by atoms with E-state index in [4.69, 9.17) is 0 Å². The molecule has 0 unspecified atom stereocenters. The first kappa shape index (κ1) is 15.2. The third-order valence-electron chi connectivity index (χ3n) is 3.71.